The molecule has 5 N–H and O–H groups in total. The molecule has 0 aromatic heterocycles. The normalized spacial score (nSPS) is 11.6. The van der Waals surface area contributed by atoms with Crippen molar-refractivity contribution in [3.63, 3.8) is 0 Å². The maximum atomic E-state index is 11.1. The molecule has 80 valence electrons. The highest BCUT2D eigenvalue weighted by atomic mass is 31.2. The van der Waals surface area contributed by atoms with Crippen LogP contribution in [-0.4, -0.2) is 5.91 Å². The number of hydrogen-bond acceptors (Lipinski definition) is 2. The summed E-state index contributed by atoms with van der Waals surface area (Å²) in [5.41, 5.74) is 10.8. The number of nitrogens with two attached hydrogens (primary N) is 2. The van der Waals surface area contributed by atoms with E-state index in [-0.39, 0.29) is 0 Å². The Labute approximate surface area is 87.7 Å². The lowest BCUT2D eigenvalue weighted by molar-refractivity contribution is -0.114. The summed E-state index contributed by atoms with van der Waals surface area (Å²) < 4.78 is 10.8. The van der Waals surface area contributed by atoms with Crippen LogP contribution in [0.25, 0.3) is 6.08 Å². The van der Waals surface area contributed by atoms with Crippen LogP contribution in [0.5, 0.6) is 0 Å². The molecule has 5 nitrogen and oxygen atoms in total. The number of benzene rings is 1. The first-order valence-electron chi connectivity index (χ1n) is 4.20. The second-order valence-corrected chi connectivity index (χ2v) is 4.57. The maximum absolute atomic E-state index is 11.1. The smallest absolute Gasteiger partial charge is 0.280 e. The molecule has 1 aromatic rings. The highest BCUT2D eigenvalue weighted by molar-refractivity contribution is 7.57. The van der Waals surface area contributed by atoms with E-state index in [2.05, 4.69) is 0 Å². The van der Waals surface area contributed by atoms with E-state index in [0.29, 0.717) is 0 Å². The van der Waals surface area contributed by atoms with Gasteiger partial charge in [-0.05, 0) is 11.6 Å². The van der Waals surface area contributed by atoms with Crippen molar-refractivity contribution in [3.05, 3.63) is 42.0 Å². The topological polar surface area (TPSA) is 98.2 Å². The van der Waals surface area contributed by atoms with E-state index >= 15 is 0 Å². The van der Waals surface area contributed by atoms with Gasteiger partial charge in [-0.15, -0.1) is 0 Å². The summed E-state index contributed by atoms with van der Waals surface area (Å²) in [4.78, 5) is 11.1. The van der Waals surface area contributed by atoms with Crippen molar-refractivity contribution in [2.24, 2.45) is 11.0 Å². The predicted octanol–water partition coefficient (Wildman–Crippen LogP) is 0.841. The third-order valence-electron chi connectivity index (χ3n) is 1.51. The van der Waals surface area contributed by atoms with Crippen molar-refractivity contribution in [1.82, 2.24) is 5.09 Å². The van der Waals surface area contributed by atoms with Gasteiger partial charge in [-0.1, -0.05) is 30.3 Å². The molecule has 0 saturated carbocycles. The minimum absolute atomic E-state index is 0.577. The Morgan fingerprint density at radius 1 is 1.27 bits per heavy atom. The van der Waals surface area contributed by atoms with Crippen molar-refractivity contribution >= 4 is 19.6 Å². The Morgan fingerprint density at radius 2 is 1.87 bits per heavy atom. The molecular weight excluding hydrogens is 213 g/mol. The number of nitrogens with one attached hydrogen (secondary N) is 1. The average molecular weight is 225 g/mol. The highest BCUT2D eigenvalue weighted by Gasteiger charge is 2.09. The van der Waals surface area contributed by atoms with Gasteiger partial charge in [0.2, 0.25) is 0 Å². The van der Waals surface area contributed by atoms with E-state index in [0.717, 1.165) is 5.56 Å². The van der Waals surface area contributed by atoms with E-state index < -0.39 is 13.5 Å². The molecular formula is C9H12N3O2P. The summed E-state index contributed by atoms with van der Waals surface area (Å²) in [7, 11) is -3.49. The fourth-order valence-electron chi connectivity index (χ4n) is 0.946. The Kier molecular flexibility index (Phi) is 3.80. The molecule has 0 spiro atoms. The maximum Gasteiger partial charge on any atom is 0.300 e. The molecule has 0 aliphatic heterocycles. The SMILES string of the molecule is NP(N)(=O)NC(=O)/C=C/c1ccccc1. The molecule has 0 atom stereocenters. The van der Waals surface area contributed by atoms with E-state index in [1.54, 1.807) is 6.08 Å². The molecule has 0 heterocycles. The minimum Gasteiger partial charge on any atom is -0.280 e. The van der Waals surface area contributed by atoms with Crippen LogP contribution >= 0.6 is 7.59 Å². The zero-order valence-corrected chi connectivity index (χ0v) is 8.85. The van der Waals surface area contributed by atoms with Gasteiger partial charge >= 0.3 is 7.59 Å². The van der Waals surface area contributed by atoms with Gasteiger partial charge in [0.15, 0.2) is 0 Å². The van der Waals surface area contributed by atoms with E-state index in [9.17, 15) is 9.36 Å². The lowest BCUT2D eigenvalue weighted by Crippen LogP contribution is -2.26. The van der Waals surface area contributed by atoms with Crippen molar-refractivity contribution in [2.75, 3.05) is 0 Å². The first-order chi connectivity index (χ1) is 6.97. The Balaban J connectivity index is 2.60. The second kappa shape index (κ2) is 4.89. The van der Waals surface area contributed by atoms with Crippen molar-refractivity contribution in [2.45, 2.75) is 0 Å². The van der Waals surface area contributed by atoms with Gasteiger partial charge in [0.1, 0.15) is 0 Å². The quantitative estimate of drug-likeness (QED) is 0.524. The average Bonchev–Trinajstić information content (AvgIpc) is 2.14. The molecule has 0 aliphatic carbocycles. The second-order valence-electron chi connectivity index (χ2n) is 2.93. The number of carbonyl (C=O) groups is 1. The summed E-state index contributed by atoms with van der Waals surface area (Å²) >= 11 is 0. The molecule has 0 saturated heterocycles. The molecule has 15 heavy (non-hydrogen) atoms. The summed E-state index contributed by atoms with van der Waals surface area (Å²) in [5.74, 6) is -0.577. The molecule has 0 radical (unpaired) electrons. The van der Waals surface area contributed by atoms with Crippen LogP contribution in [0.15, 0.2) is 36.4 Å². The fraction of sp³-hybridized carbons (Fsp3) is 0. The van der Waals surface area contributed by atoms with E-state index in [4.69, 9.17) is 11.0 Å². The van der Waals surface area contributed by atoms with Gasteiger partial charge < -0.3 is 0 Å². The van der Waals surface area contributed by atoms with Crippen molar-refractivity contribution < 1.29 is 9.36 Å². The minimum atomic E-state index is -3.49. The Hall–Kier alpha value is -1.42. The predicted molar refractivity (Wildman–Crippen MR) is 59.6 cm³/mol. The molecule has 6 heteroatoms. The van der Waals surface area contributed by atoms with Crippen molar-refractivity contribution in [3.8, 4) is 0 Å². The summed E-state index contributed by atoms with van der Waals surface area (Å²) in [6.07, 6.45) is 2.80. The van der Waals surface area contributed by atoms with Crippen LogP contribution in [0.1, 0.15) is 5.56 Å². The molecule has 0 aliphatic rings. The lowest BCUT2D eigenvalue weighted by atomic mass is 10.2. The summed E-state index contributed by atoms with van der Waals surface area (Å²) in [6, 6.07) is 9.20. The molecule has 0 unspecified atom stereocenters. The van der Waals surface area contributed by atoms with Gasteiger partial charge in [-0.25, -0.2) is 0 Å². The zero-order chi connectivity index (χ0) is 11.3. The monoisotopic (exact) mass is 225 g/mol. The van der Waals surface area contributed by atoms with Gasteiger partial charge in [-0.2, -0.15) is 0 Å². The molecule has 1 amide bonds. The third kappa shape index (κ3) is 5.12. The standard InChI is InChI=1S/C9H12N3O2P/c10-15(11,14)12-9(13)7-6-8-4-2-1-3-5-8/h1-7H,(H5,10,11,12,13,14)/b7-6+. The van der Waals surface area contributed by atoms with Crippen molar-refractivity contribution in [1.29, 1.82) is 0 Å². The van der Waals surface area contributed by atoms with E-state index in [1.807, 2.05) is 35.4 Å². The third-order valence-corrected chi connectivity index (χ3v) is 2.08. The van der Waals surface area contributed by atoms with Crippen LogP contribution in [0, 0.1) is 0 Å². The molecule has 1 rings (SSSR count). The van der Waals surface area contributed by atoms with Crippen LogP contribution in [0.4, 0.5) is 0 Å². The molecule has 0 fully saturated rings. The van der Waals surface area contributed by atoms with Crippen LogP contribution in [0.2, 0.25) is 0 Å². The van der Waals surface area contributed by atoms with Gasteiger partial charge in [0, 0.05) is 6.08 Å². The Bertz CT molecular complexity index is 411. The van der Waals surface area contributed by atoms with E-state index in [1.165, 1.54) is 6.08 Å². The summed E-state index contributed by atoms with van der Waals surface area (Å²) in [6.45, 7) is 0. The van der Waals surface area contributed by atoms with Crippen LogP contribution < -0.4 is 16.1 Å². The first-order valence-corrected chi connectivity index (χ1v) is 6.04. The molecule has 0 bridgehead atoms. The van der Waals surface area contributed by atoms with Gasteiger partial charge in [0.05, 0.1) is 0 Å². The largest absolute Gasteiger partial charge is 0.300 e. The highest BCUT2D eigenvalue weighted by Crippen LogP contribution is 2.16. The first kappa shape index (κ1) is 11.7. The Morgan fingerprint density at radius 3 is 2.40 bits per heavy atom. The lowest BCUT2D eigenvalue weighted by Gasteiger charge is -2.05. The number of carbonyl (C=O) groups excluding carboxylic acids is 1. The number of amides is 1. The number of hydrogen-bond donors (Lipinski definition) is 3. The van der Waals surface area contributed by atoms with Crippen LogP contribution in [-0.2, 0) is 9.36 Å². The summed E-state index contributed by atoms with van der Waals surface area (Å²) in [5, 5.41) is 1.97. The van der Waals surface area contributed by atoms with Gasteiger partial charge in [-0.3, -0.25) is 25.5 Å². The van der Waals surface area contributed by atoms with Crippen LogP contribution in [0.3, 0.4) is 0 Å². The number of rotatable bonds is 3. The van der Waals surface area contributed by atoms with Gasteiger partial charge in [0.25, 0.3) is 5.91 Å². The molecule has 1 aromatic carbocycles. The zero-order valence-electron chi connectivity index (χ0n) is 7.96. The fourth-order valence-corrected chi connectivity index (χ4v) is 1.36.